The maximum Gasteiger partial charge on any atom is 0.230 e. The van der Waals surface area contributed by atoms with Crippen LogP contribution < -0.4 is 14.7 Å². The lowest BCUT2D eigenvalue weighted by molar-refractivity contribution is 0.630. The fraction of sp³-hybridized carbons (Fsp3) is 0.600. The molecule has 0 amide bonds. The average molecular weight is 333 g/mol. The van der Waals surface area contributed by atoms with Gasteiger partial charge in [-0.1, -0.05) is 13.8 Å². The Balaban J connectivity index is 1.77. The van der Waals surface area contributed by atoms with E-state index in [0.717, 1.165) is 49.0 Å². The van der Waals surface area contributed by atoms with E-state index in [1.165, 1.54) is 0 Å². The quantitative estimate of drug-likeness (QED) is 0.846. The Labute approximate surface area is 141 Å². The summed E-state index contributed by atoms with van der Waals surface area (Å²) in [4.78, 5) is 24.7. The van der Waals surface area contributed by atoms with Crippen molar-refractivity contribution < 1.29 is 0 Å². The number of hydrogen-bond donors (Lipinski definition) is 0. The SMILES string of the molecule is CC(C)c1nc(N(C)C)nc(N2CCN(c3nccs3)CC2)n1. The molecule has 0 unspecified atom stereocenters. The van der Waals surface area contributed by atoms with Crippen LogP contribution >= 0.6 is 11.3 Å². The molecule has 0 bridgehead atoms. The molecule has 0 N–H and O–H groups in total. The van der Waals surface area contributed by atoms with Crippen LogP contribution in [0.25, 0.3) is 0 Å². The molecule has 0 radical (unpaired) electrons. The number of nitrogens with zero attached hydrogens (tertiary/aromatic N) is 7. The summed E-state index contributed by atoms with van der Waals surface area (Å²) in [6, 6.07) is 0. The standard InChI is InChI=1S/C15H23N7S/c1-11(2)12-17-13(20(3)4)19-14(18-12)21-6-8-22(9-7-21)15-16-5-10-23-15/h5,10-11H,6-9H2,1-4H3. The highest BCUT2D eigenvalue weighted by molar-refractivity contribution is 7.13. The highest BCUT2D eigenvalue weighted by Gasteiger charge is 2.22. The fourth-order valence-electron chi connectivity index (χ4n) is 2.44. The molecule has 0 saturated carbocycles. The molecule has 1 aliphatic heterocycles. The topological polar surface area (TPSA) is 61.3 Å². The Kier molecular flexibility index (Phi) is 4.61. The van der Waals surface area contributed by atoms with Gasteiger partial charge in [0.25, 0.3) is 0 Å². The largest absolute Gasteiger partial charge is 0.347 e. The molecule has 3 rings (SSSR count). The van der Waals surface area contributed by atoms with Gasteiger partial charge in [-0.3, -0.25) is 0 Å². The van der Waals surface area contributed by atoms with Gasteiger partial charge in [-0.05, 0) is 0 Å². The molecular formula is C15H23N7S. The first-order chi connectivity index (χ1) is 11.0. The van der Waals surface area contributed by atoms with Gasteiger partial charge in [-0.15, -0.1) is 11.3 Å². The molecule has 124 valence electrons. The summed E-state index contributed by atoms with van der Waals surface area (Å²) in [6.07, 6.45) is 1.86. The van der Waals surface area contributed by atoms with Crippen molar-refractivity contribution in [3.05, 3.63) is 17.4 Å². The zero-order chi connectivity index (χ0) is 16.4. The summed E-state index contributed by atoms with van der Waals surface area (Å²) in [5, 5.41) is 3.11. The van der Waals surface area contributed by atoms with Crippen molar-refractivity contribution in [3.8, 4) is 0 Å². The van der Waals surface area contributed by atoms with Gasteiger partial charge in [0, 0.05) is 57.8 Å². The molecule has 8 heteroatoms. The molecule has 2 aromatic rings. The minimum absolute atomic E-state index is 0.284. The van der Waals surface area contributed by atoms with E-state index in [-0.39, 0.29) is 5.92 Å². The van der Waals surface area contributed by atoms with Crippen molar-refractivity contribution in [3.63, 3.8) is 0 Å². The Bertz CT molecular complexity index is 607. The number of rotatable bonds is 4. The van der Waals surface area contributed by atoms with E-state index in [9.17, 15) is 0 Å². The normalized spacial score (nSPS) is 15.3. The van der Waals surface area contributed by atoms with E-state index in [4.69, 9.17) is 0 Å². The van der Waals surface area contributed by atoms with E-state index < -0.39 is 0 Å². The third-order valence-corrected chi connectivity index (χ3v) is 4.63. The van der Waals surface area contributed by atoms with Crippen LogP contribution in [0.2, 0.25) is 0 Å². The zero-order valence-electron chi connectivity index (χ0n) is 14.1. The van der Waals surface area contributed by atoms with E-state index in [2.05, 4.69) is 43.6 Å². The Morgan fingerprint density at radius 1 is 1.04 bits per heavy atom. The van der Waals surface area contributed by atoms with E-state index in [0.29, 0.717) is 0 Å². The number of thiazole rings is 1. The summed E-state index contributed by atoms with van der Waals surface area (Å²) >= 11 is 1.69. The first-order valence-corrected chi connectivity index (χ1v) is 8.75. The summed E-state index contributed by atoms with van der Waals surface area (Å²) in [7, 11) is 3.92. The maximum atomic E-state index is 4.67. The second kappa shape index (κ2) is 6.66. The minimum atomic E-state index is 0.284. The molecule has 1 saturated heterocycles. The fourth-order valence-corrected chi connectivity index (χ4v) is 3.14. The monoisotopic (exact) mass is 333 g/mol. The van der Waals surface area contributed by atoms with Crippen LogP contribution in [0.4, 0.5) is 17.0 Å². The number of hydrogen-bond acceptors (Lipinski definition) is 8. The number of anilines is 3. The third kappa shape index (κ3) is 3.52. The first kappa shape index (κ1) is 15.9. The van der Waals surface area contributed by atoms with Gasteiger partial charge in [-0.2, -0.15) is 15.0 Å². The summed E-state index contributed by atoms with van der Waals surface area (Å²) in [5.74, 6) is 2.64. The van der Waals surface area contributed by atoms with Gasteiger partial charge in [-0.25, -0.2) is 4.98 Å². The second-order valence-corrected chi connectivity index (χ2v) is 7.00. The predicted octanol–water partition coefficient (Wildman–Crippen LogP) is 1.84. The molecule has 0 atom stereocenters. The Morgan fingerprint density at radius 2 is 1.74 bits per heavy atom. The van der Waals surface area contributed by atoms with Gasteiger partial charge in [0.05, 0.1) is 0 Å². The first-order valence-electron chi connectivity index (χ1n) is 7.87. The van der Waals surface area contributed by atoms with Crippen molar-refractivity contribution in [2.75, 3.05) is 55.0 Å². The van der Waals surface area contributed by atoms with Crippen molar-refractivity contribution >= 4 is 28.4 Å². The summed E-state index contributed by atoms with van der Waals surface area (Å²) in [6.45, 7) is 7.89. The Morgan fingerprint density at radius 3 is 2.30 bits per heavy atom. The highest BCUT2D eigenvalue weighted by atomic mass is 32.1. The third-order valence-electron chi connectivity index (χ3n) is 3.80. The van der Waals surface area contributed by atoms with Crippen LogP contribution in [0.5, 0.6) is 0 Å². The smallest absolute Gasteiger partial charge is 0.230 e. The predicted molar refractivity (Wildman–Crippen MR) is 94.8 cm³/mol. The highest BCUT2D eigenvalue weighted by Crippen LogP contribution is 2.22. The molecule has 1 aliphatic rings. The van der Waals surface area contributed by atoms with Gasteiger partial charge >= 0.3 is 0 Å². The van der Waals surface area contributed by atoms with Gasteiger partial charge in [0.1, 0.15) is 5.82 Å². The van der Waals surface area contributed by atoms with Crippen LogP contribution in [-0.4, -0.2) is 60.2 Å². The Hall–Kier alpha value is -1.96. The van der Waals surface area contributed by atoms with Crippen LogP contribution in [0.1, 0.15) is 25.6 Å². The minimum Gasteiger partial charge on any atom is -0.347 e. The lowest BCUT2D eigenvalue weighted by atomic mass is 10.2. The maximum absolute atomic E-state index is 4.67. The molecule has 2 aromatic heterocycles. The molecule has 0 spiro atoms. The lowest BCUT2D eigenvalue weighted by Gasteiger charge is -2.34. The average Bonchev–Trinajstić information content (AvgIpc) is 3.09. The van der Waals surface area contributed by atoms with Crippen molar-refractivity contribution in [1.82, 2.24) is 19.9 Å². The number of piperazine rings is 1. The molecular weight excluding hydrogens is 310 g/mol. The lowest BCUT2D eigenvalue weighted by Crippen LogP contribution is -2.47. The number of aromatic nitrogens is 4. The zero-order valence-corrected chi connectivity index (χ0v) is 14.9. The molecule has 3 heterocycles. The van der Waals surface area contributed by atoms with Gasteiger partial charge in [0.15, 0.2) is 5.13 Å². The summed E-state index contributed by atoms with van der Waals surface area (Å²) in [5.41, 5.74) is 0. The van der Waals surface area contributed by atoms with Crippen LogP contribution in [0.3, 0.4) is 0 Å². The molecule has 23 heavy (non-hydrogen) atoms. The van der Waals surface area contributed by atoms with Crippen molar-refractivity contribution in [2.45, 2.75) is 19.8 Å². The van der Waals surface area contributed by atoms with Crippen LogP contribution in [0, 0.1) is 0 Å². The molecule has 0 aliphatic carbocycles. The van der Waals surface area contributed by atoms with E-state index >= 15 is 0 Å². The second-order valence-electron chi connectivity index (χ2n) is 6.13. The van der Waals surface area contributed by atoms with E-state index in [1.54, 1.807) is 11.3 Å². The molecule has 7 nitrogen and oxygen atoms in total. The van der Waals surface area contributed by atoms with Crippen molar-refractivity contribution in [2.24, 2.45) is 0 Å². The molecule has 1 fully saturated rings. The van der Waals surface area contributed by atoms with Crippen LogP contribution in [-0.2, 0) is 0 Å². The van der Waals surface area contributed by atoms with Gasteiger partial charge < -0.3 is 14.7 Å². The molecule has 0 aromatic carbocycles. The van der Waals surface area contributed by atoms with Gasteiger partial charge in [0.2, 0.25) is 11.9 Å². The summed E-state index contributed by atoms with van der Waals surface area (Å²) < 4.78 is 0. The van der Waals surface area contributed by atoms with Crippen LogP contribution in [0.15, 0.2) is 11.6 Å². The van der Waals surface area contributed by atoms with E-state index in [1.807, 2.05) is 30.6 Å². The van der Waals surface area contributed by atoms with Crippen molar-refractivity contribution in [1.29, 1.82) is 0 Å².